The van der Waals surface area contributed by atoms with Gasteiger partial charge in [0.2, 0.25) is 0 Å². The van der Waals surface area contributed by atoms with Crippen LogP contribution in [0, 0.1) is 41.5 Å². The molecule has 0 heterocycles. The summed E-state index contributed by atoms with van der Waals surface area (Å²) in [5, 5.41) is 31.5. The standard InChI is InChI=1S/C30H31NO4/c1-17-15-27(32)22(6)28(16-17)35-24-11-9-23(10-12-24)31(25-13-7-18(2)29(33)20(25)4)26-14-8-19(3)30(34)21(26)5/h7-16,32-34H,1-6H3. The van der Waals surface area contributed by atoms with Gasteiger partial charge in [0, 0.05) is 22.4 Å². The van der Waals surface area contributed by atoms with Crippen molar-refractivity contribution in [1.29, 1.82) is 0 Å². The van der Waals surface area contributed by atoms with E-state index in [2.05, 4.69) is 0 Å². The first-order valence-corrected chi connectivity index (χ1v) is 11.5. The minimum atomic E-state index is 0.201. The number of ether oxygens (including phenoxy) is 1. The van der Waals surface area contributed by atoms with Crippen LogP contribution in [0.1, 0.15) is 33.4 Å². The molecule has 0 spiro atoms. The molecule has 0 radical (unpaired) electrons. The van der Waals surface area contributed by atoms with Gasteiger partial charge in [0.1, 0.15) is 28.7 Å². The Hall–Kier alpha value is -4.12. The minimum Gasteiger partial charge on any atom is -0.508 e. The summed E-state index contributed by atoms with van der Waals surface area (Å²) in [7, 11) is 0. The number of nitrogens with zero attached hydrogens (tertiary/aromatic N) is 1. The Kier molecular flexibility index (Phi) is 6.35. The van der Waals surface area contributed by atoms with Crippen LogP contribution < -0.4 is 9.64 Å². The Morgan fingerprint density at radius 1 is 0.600 bits per heavy atom. The van der Waals surface area contributed by atoms with Gasteiger partial charge in [-0.1, -0.05) is 12.1 Å². The number of phenols is 3. The van der Waals surface area contributed by atoms with Crippen molar-refractivity contribution in [2.75, 3.05) is 4.90 Å². The van der Waals surface area contributed by atoms with Crippen LogP contribution in [-0.2, 0) is 0 Å². The van der Waals surface area contributed by atoms with Crippen LogP contribution in [0.2, 0.25) is 0 Å². The highest BCUT2D eigenvalue weighted by Crippen LogP contribution is 2.44. The van der Waals surface area contributed by atoms with E-state index in [1.165, 1.54) is 0 Å². The molecule has 0 aliphatic carbocycles. The zero-order valence-electron chi connectivity index (χ0n) is 21.0. The lowest BCUT2D eigenvalue weighted by Crippen LogP contribution is -2.13. The number of aryl methyl sites for hydroxylation is 3. The first-order chi connectivity index (χ1) is 16.6. The zero-order valence-corrected chi connectivity index (χ0v) is 21.0. The molecule has 0 aliphatic rings. The molecule has 5 heteroatoms. The SMILES string of the molecule is Cc1cc(O)c(C)c(Oc2ccc(N(c3ccc(C)c(O)c3C)c3ccc(C)c(O)c3C)cc2)c1. The average molecular weight is 470 g/mol. The second-order valence-electron chi connectivity index (χ2n) is 9.09. The molecule has 0 atom stereocenters. The third-order valence-corrected chi connectivity index (χ3v) is 6.49. The molecule has 0 saturated carbocycles. The van der Waals surface area contributed by atoms with Crippen molar-refractivity contribution in [2.24, 2.45) is 0 Å². The third kappa shape index (κ3) is 4.50. The normalized spacial score (nSPS) is 10.9. The monoisotopic (exact) mass is 469 g/mol. The number of benzene rings is 4. The summed E-state index contributed by atoms with van der Waals surface area (Å²) in [5.41, 5.74) is 7.16. The maximum Gasteiger partial charge on any atom is 0.134 e. The van der Waals surface area contributed by atoms with Crippen molar-refractivity contribution in [2.45, 2.75) is 41.5 Å². The van der Waals surface area contributed by atoms with Crippen molar-refractivity contribution < 1.29 is 20.1 Å². The Labute approximate surface area is 206 Å². The van der Waals surface area contributed by atoms with E-state index in [4.69, 9.17) is 4.74 Å². The van der Waals surface area contributed by atoms with Crippen LogP contribution in [0.3, 0.4) is 0 Å². The van der Waals surface area contributed by atoms with Crippen molar-refractivity contribution in [1.82, 2.24) is 0 Å². The van der Waals surface area contributed by atoms with E-state index in [0.29, 0.717) is 17.1 Å². The fourth-order valence-corrected chi connectivity index (χ4v) is 4.25. The van der Waals surface area contributed by atoms with Crippen LogP contribution in [0.5, 0.6) is 28.7 Å². The minimum absolute atomic E-state index is 0.201. The third-order valence-electron chi connectivity index (χ3n) is 6.49. The molecular formula is C30H31NO4. The summed E-state index contributed by atoms with van der Waals surface area (Å²) in [6, 6.07) is 18.9. The molecule has 0 amide bonds. The largest absolute Gasteiger partial charge is 0.508 e. The summed E-state index contributed by atoms with van der Waals surface area (Å²) in [4.78, 5) is 2.02. The van der Waals surface area contributed by atoms with E-state index in [1.807, 2.05) is 101 Å². The van der Waals surface area contributed by atoms with Gasteiger partial charge in [0.15, 0.2) is 0 Å². The Bertz CT molecular complexity index is 1350. The number of anilines is 3. The van der Waals surface area contributed by atoms with Gasteiger partial charge in [-0.25, -0.2) is 0 Å². The molecule has 5 nitrogen and oxygen atoms in total. The molecule has 4 aromatic rings. The van der Waals surface area contributed by atoms with Crippen molar-refractivity contribution in [3.05, 3.63) is 94.0 Å². The molecular weight excluding hydrogens is 438 g/mol. The smallest absolute Gasteiger partial charge is 0.134 e. The van der Waals surface area contributed by atoms with E-state index in [-0.39, 0.29) is 17.2 Å². The van der Waals surface area contributed by atoms with Gasteiger partial charge in [0.25, 0.3) is 0 Å². The molecule has 4 rings (SSSR count). The van der Waals surface area contributed by atoms with E-state index in [1.54, 1.807) is 6.07 Å². The zero-order chi connectivity index (χ0) is 25.4. The molecule has 0 unspecified atom stereocenters. The van der Waals surface area contributed by atoms with Gasteiger partial charge < -0.3 is 25.0 Å². The lowest BCUT2D eigenvalue weighted by Gasteiger charge is -2.29. The maximum atomic E-state index is 10.7. The molecule has 180 valence electrons. The Morgan fingerprint density at radius 3 is 1.63 bits per heavy atom. The number of aromatic hydroxyl groups is 3. The number of hydrogen-bond donors (Lipinski definition) is 3. The lowest BCUT2D eigenvalue weighted by molar-refractivity contribution is 0.447. The van der Waals surface area contributed by atoms with E-state index in [0.717, 1.165) is 44.9 Å². The van der Waals surface area contributed by atoms with Gasteiger partial charge in [-0.3, -0.25) is 0 Å². The quantitative estimate of drug-likeness (QED) is 0.277. The second-order valence-corrected chi connectivity index (χ2v) is 9.09. The molecule has 0 aliphatic heterocycles. The summed E-state index contributed by atoms with van der Waals surface area (Å²) in [5.74, 6) is 1.93. The summed E-state index contributed by atoms with van der Waals surface area (Å²) in [6.07, 6.45) is 0. The lowest BCUT2D eigenvalue weighted by atomic mass is 10.0. The fourth-order valence-electron chi connectivity index (χ4n) is 4.25. The highest BCUT2D eigenvalue weighted by atomic mass is 16.5. The van der Waals surface area contributed by atoms with Crippen molar-refractivity contribution in [3.63, 3.8) is 0 Å². The molecule has 0 bridgehead atoms. The van der Waals surface area contributed by atoms with Gasteiger partial charge >= 0.3 is 0 Å². The topological polar surface area (TPSA) is 73.2 Å². The van der Waals surface area contributed by atoms with Crippen LogP contribution in [0.25, 0.3) is 0 Å². The highest BCUT2D eigenvalue weighted by molar-refractivity contribution is 5.82. The summed E-state index contributed by atoms with van der Waals surface area (Å²) in [6.45, 7) is 11.2. The summed E-state index contributed by atoms with van der Waals surface area (Å²) < 4.78 is 6.08. The van der Waals surface area contributed by atoms with Crippen LogP contribution in [0.15, 0.2) is 60.7 Å². The predicted octanol–water partition coefficient (Wildman–Crippen LogP) is 7.92. The van der Waals surface area contributed by atoms with Crippen molar-refractivity contribution in [3.8, 4) is 28.7 Å². The molecule has 3 N–H and O–H groups in total. The van der Waals surface area contributed by atoms with Gasteiger partial charge in [-0.15, -0.1) is 0 Å². The predicted molar refractivity (Wildman–Crippen MR) is 141 cm³/mol. The van der Waals surface area contributed by atoms with Gasteiger partial charge in [0.05, 0.1) is 11.4 Å². The fraction of sp³-hybridized carbons (Fsp3) is 0.200. The summed E-state index contributed by atoms with van der Waals surface area (Å²) >= 11 is 0. The van der Waals surface area contributed by atoms with Gasteiger partial charge in [-0.2, -0.15) is 0 Å². The molecule has 0 fully saturated rings. The van der Waals surface area contributed by atoms with E-state index >= 15 is 0 Å². The molecule has 4 aromatic carbocycles. The number of phenolic OH excluding ortho intramolecular Hbond substituents is 3. The number of hydrogen-bond acceptors (Lipinski definition) is 5. The Morgan fingerprint density at radius 2 is 1.11 bits per heavy atom. The van der Waals surface area contributed by atoms with Crippen molar-refractivity contribution >= 4 is 17.1 Å². The first kappa shape index (κ1) is 24.0. The average Bonchev–Trinajstić information content (AvgIpc) is 2.83. The molecule has 0 aromatic heterocycles. The van der Waals surface area contributed by atoms with Crippen LogP contribution >= 0.6 is 0 Å². The van der Waals surface area contributed by atoms with Crippen LogP contribution in [0.4, 0.5) is 17.1 Å². The molecule has 0 saturated heterocycles. The molecule has 35 heavy (non-hydrogen) atoms. The van der Waals surface area contributed by atoms with Crippen LogP contribution in [-0.4, -0.2) is 15.3 Å². The van der Waals surface area contributed by atoms with E-state index < -0.39 is 0 Å². The van der Waals surface area contributed by atoms with E-state index in [9.17, 15) is 15.3 Å². The maximum absolute atomic E-state index is 10.7. The Balaban J connectivity index is 1.81. The first-order valence-electron chi connectivity index (χ1n) is 11.5. The number of rotatable bonds is 5. The van der Waals surface area contributed by atoms with Gasteiger partial charge in [-0.05, 0) is 107 Å². The highest BCUT2D eigenvalue weighted by Gasteiger charge is 2.21. The second kappa shape index (κ2) is 9.26.